The number of thioether (sulfide) groups is 1. The van der Waals surface area contributed by atoms with Crippen LogP contribution in [-0.2, 0) is 9.53 Å². The number of aliphatic imine (C=N–C) groups is 1. The van der Waals surface area contributed by atoms with Gasteiger partial charge >= 0.3 is 5.97 Å². The summed E-state index contributed by atoms with van der Waals surface area (Å²) in [6.45, 7) is 2.29. The van der Waals surface area contributed by atoms with Gasteiger partial charge in [0, 0.05) is 12.9 Å². The minimum absolute atomic E-state index is 0.0329. The van der Waals surface area contributed by atoms with Crippen molar-refractivity contribution in [2.75, 3.05) is 26.1 Å². The van der Waals surface area contributed by atoms with Crippen LogP contribution < -0.4 is 4.74 Å². The van der Waals surface area contributed by atoms with Crippen LogP contribution in [0.1, 0.15) is 12.5 Å². The van der Waals surface area contributed by atoms with Crippen LogP contribution in [0.4, 0.5) is 0 Å². The maximum absolute atomic E-state index is 11.2. The van der Waals surface area contributed by atoms with Crippen molar-refractivity contribution in [1.82, 2.24) is 0 Å². The molecule has 1 aromatic rings. The lowest BCUT2D eigenvalue weighted by Crippen LogP contribution is -2.33. The van der Waals surface area contributed by atoms with E-state index in [0.717, 1.165) is 0 Å². The molecule has 2 rings (SSSR count). The molecule has 6 nitrogen and oxygen atoms in total. The van der Waals surface area contributed by atoms with Gasteiger partial charge < -0.3 is 19.7 Å². The van der Waals surface area contributed by atoms with Crippen LogP contribution in [-0.4, -0.2) is 52.8 Å². The normalized spacial score (nSPS) is 21.1. The Morgan fingerprint density at radius 1 is 1.48 bits per heavy atom. The minimum atomic E-state index is -1.15. The summed E-state index contributed by atoms with van der Waals surface area (Å²) in [6, 6.07) is 5.07. The zero-order valence-corrected chi connectivity index (χ0v) is 12.6. The van der Waals surface area contributed by atoms with Crippen LogP contribution in [0.3, 0.4) is 0 Å². The highest BCUT2D eigenvalue weighted by Gasteiger charge is 2.39. The first-order chi connectivity index (χ1) is 9.98. The molecule has 1 aliphatic rings. The van der Waals surface area contributed by atoms with E-state index >= 15 is 0 Å². The predicted molar refractivity (Wildman–Crippen MR) is 80.5 cm³/mol. The Morgan fingerprint density at radius 3 is 2.86 bits per heavy atom. The van der Waals surface area contributed by atoms with E-state index in [1.165, 1.54) is 11.8 Å². The first kappa shape index (κ1) is 15.7. The molecule has 1 aromatic carbocycles. The van der Waals surface area contributed by atoms with Crippen molar-refractivity contribution in [1.29, 1.82) is 0 Å². The lowest BCUT2D eigenvalue weighted by molar-refractivity contribution is -0.141. The molecule has 0 saturated heterocycles. The van der Waals surface area contributed by atoms with E-state index in [2.05, 4.69) is 4.99 Å². The summed E-state index contributed by atoms with van der Waals surface area (Å²) in [7, 11) is 1.57. The van der Waals surface area contributed by atoms with Crippen molar-refractivity contribution in [2.45, 2.75) is 12.5 Å². The molecule has 0 spiro atoms. The van der Waals surface area contributed by atoms with Gasteiger partial charge in [-0.1, -0.05) is 6.07 Å². The molecule has 0 radical (unpaired) electrons. The average molecular weight is 311 g/mol. The Labute approximate surface area is 126 Å². The molecule has 0 bridgehead atoms. The number of aromatic hydroxyl groups is 1. The molecule has 0 aromatic heterocycles. The molecular weight excluding hydrogens is 294 g/mol. The number of hydrogen-bond acceptors (Lipinski definition) is 6. The van der Waals surface area contributed by atoms with Crippen molar-refractivity contribution in [3.05, 3.63) is 23.8 Å². The van der Waals surface area contributed by atoms with Gasteiger partial charge in [-0.3, -0.25) is 4.99 Å². The molecule has 1 aliphatic heterocycles. The number of rotatable bonds is 6. The van der Waals surface area contributed by atoms with Crippen LogP contribution >= 0.6 is 11.8 Å². The highest BCUT2D eigenvalue weighted by Crippen LogP contribution is 2.37. The third kappa shape index (κ3) is 3.30. The first-order valence-corrected chi connectivity index (χ1v) is 7.36. The van der Waals surface area contributed by atoms with Gasteiger partial charge in [-0.05, 0) is 19.1 Å². The molecule has 0 amide bonds. The van der Waals surface area contributed by atoms with Crippen LogP contribution in [0, 0.1) is 0 Å². The number of phenolic OH excluding ortho intramolecular Hbond substituents is 1. The first-order valence-electron chi connectivity index (χ1n) is 6.38. The largest absolute Gasteiger partial charge is 0.504 e. The van der Waals surface area contributed by atoms with Crippen molar-refractivity contribution in [2.24, 2.45) is 4.99 Å². The molecule has 1 atom stereocenters. The van der Waals surface area contributed by atoms with Gasteiger partial charge in [0.15, 0.2) is 17.0 Å². The van der Waals surface area contributed by atoms with Crippen LogP contribution in [0.15, 0.2) is 23.2 Å². The Kier molecular flexibility index (Phi) is 4.74. The van der Waals surface area contributed by atoms with E-state index in [1.54, 1.807) is 32.2 Å². The Hall–Kier alpha value is -1.73. The molecule has 114 valence electrons. The number of aliphatic carboxylic acids is 1. The second-order valence-corrected chi connectivity index (χ2v) is 5.74. The third-order valence-electron chi connectivity index (χ3n) is 3.07. The monoisotopic (exact) mass is 311 g/mol. The van der Waals surface area contributed by atoms with E-state index in [1.807, 2.05) is 0 Å². The van der Waals surface area contributed by atoms with Crippen LogP contribution in [0.5, 0.6) is 11.5 Å². The molecule has 21 heavy (non-hydrogen) atoms. The number of carbonyl (C=O) groups is 1. The van der Waals surface area contributed by atoms with Crippen molar-refractivity contribution >= 4 is 22.8 Å². The van der Waals surface area contributed by atoms with Gasteiger partial charge in [0.25, 0.3) is 0 Å². The lowest BCUT2D eigenvalue weighted by atomic mass is 10.1. The Morgan fingerprint density at radius 2 is 2.24 bits per heavy atom. The standard InChI is InChI=1S/C14H17NO5S/c1-14(13(17)18)8-21-12(15-14)9-4-3-5-10(11(9)16)20-7-6-19-2/h3-5,16H,6-8H2,1-2H3,(H,17,18). The number of methoxy groups -OCH3 is 1. The molecule has 1 heterocycles. The van der Waals surface area contributed by atoms with Crippen molar-refractivity contribution < 1.29 is 24.5 Å². The summed E-state index contributed by atoms with van der Waals surface area (Å²) in [5.41, 5.74) is -0.667. The van der Waals surface area contributed by atoms with Crippen LogP contribution in [0.25, 0.3) is 0 Å². The summed E-state index contributed by atoms with van der Waals surface area (Å²) >= 11 is 1.31. The summed E-state index contributed by atoms with van der Waals surface area (Å²) in [5.74, 6) is -0.338. The van der Waals surface area contributed by atoms with Gasteiger partial charge in [-0.25, -0.2) is 4.79 Å². The zero-order valence-electron chi connectivity index (χ0n) is 11.8. The number of hydrogen-bond donors (Lipinski definition) is 2. The minimum Gasteiger partial charge on any atom is -0.504 e. The number of benzene rings is 1. The number of carboxylic acids is 1. The summed E-state index contributed by atoms with van der Waals surface area (Å²) in [4.78, 5) is 15.4. The van der Waals surface area contributed by atoms with Gasteiger partial charge in [0.05, 0.1) is 12.2 Å². The van der Waals surface area contributed by atoms with Crippen molar-refractivity contribution in [3.63, 3.8) is 0 Å². The number of para-hydroxylation sites is 1. The van der Waals surface area contributed by atoms with Gasteiger partial charge in [-0.2, -0.15) is 0 Å². The quantitative estimate of drug-likeness (QED) is 0.778. The highest BCUT2D eigenvalue weighted by molar-refractivity contribution is 8.14. The van der Waals surface area contributed by atoms with Crippen molar-refractivity contribution in [3.8, 4) is 11.5 Å². The Balaban J connectivity index is 2.25. The van der Waals surface area contributed by atoms with E-state index in [4.69, 9.17) is 9.47 Å². The fraction of sp³-hybridized carbons (Fsp3) is 0.429. The molecule has 0 fully saturated rings. The SMILES string of the molecule is COCCOc1cccc(C2=NC(C)(C(=O)O)CS2)c1O. The summed E-state index contributed by atoms with van der Waals surface area (Å²) in [6.07, 6.45) is 0. The number of ether oxygens (including phenoxy) is 2. The lowest BCUT2D eigenvalue weighted by Gasteiger charge is -2.12. The maximum Gasteiger partial charge on any atom is 0.332 e. The summed E-state index contributed by atoms with van der Waals surface area (Å²) < 4.78 is 10.3. The second kappa shape index (κ2) is 6.36. The number of phenols is 1. The number of nitrogens with zero attached hydrogens (tertiary/aromatic N) is 1. The molecule has 1 unspecified atom stereocenters. The van der Waals surface area contributed by atoms with E-state index < -0.39 is 11.5 Å². The second-order valence-electron chi connectivity index (χ2n) is 4.78. The topological polar surface area (TPSA) is 88.4 Å². The summed E-state index contributed by atoms with van der Waals surface area (Å²) in [5, 5.41) is 19.9. The Bertz CT molecular complexity index is 574. The average Bonchev–Trinajstić information content (AvgIpc) is 2.85. The van der Waals surface area contributed by atoms with E-state index in [0.29, 0.717) is 35.3 Å². The van der Waals surface area contributed by atoms with Crippen LogP contribution in [0.2, 0.25) is 0 Å². The van der Waals surface area contributed by atoms with E-state index in [9.17, 15) is 15.0 Å². The zero-order chi connectivity index (χ0) is 15.5. The fourth-order valence-corrected chi connectivity index (χ4v) is 2.98. The molecule has 0 aliphatic carbocycles. The molecule has 7 heteroatoms. The highest BCUT2D eigenvalue weighted by atomic mass is 32.2. The third-order valence-corrected chi connectivity index (χ3v) is 4.36. The maximum atomic E-state index is 11.2. The van der Waals surface area contributed by atoms with Gasteiger partial charge in [0.2, 0.25) is 0 Å². The smallest absolute Gasteiger partial charge is 0.332 e. The van der Waals surface area contributed by atoms with Gasteiger partial charge in [0.1, 0.15) is 11.7 Å². The fourth-order valence-electron chi connectivity index (χ4n) is 1.79. The van der Waals surface area contributed by atoms with E-state index in [-0.39, 0.29) is 5.75 Å². The predicted octanol–water partition coefficient (Wildman–Crippen LogP) is 1.75. The molecule has 0 saturated carbocycles. The molecular formula is C14H17NO5S. The molecule has 2 N–H and O–H groups in total. The number of carboxylic acid groups (broad SMARTS) is 1. The van der Waals surface area contributed by atoms with Gasteiger partial charge in [-0.15, -0.1) is 11.8 Å².